The van der Waals surface area contributed by atoms with Gasteiger partial charge in [0.25, 0.3) is 0 Å². The topological polar surface area (TPSA) is 21.3 Å². The number of fused-ring (bicyclic) bond motifs is 2. The van der Waals surface area contributed by atoms with Crippen LogP contribution < -0.4 is 5.32 Å². The maximum atomic E-state index is 5.45. The third-order valence-corrected chi connectivity index (χ3v) is 5.19. The van der Waals surface area contributed by atoms with Gasteiger partial charge in [-0.1, -0.05) is 12.2 Å². The van der Waals surface area contributed by atoms with Gasteiger partial charge in [-0.25, -0.2) is 0 Å². The lowest BCUT2D eigenvalue weighted by molar-refractivity contribution is 0.106. The molecule has 0 aromatic heterocycles. The molecule has 0 amide bonds. The number of allylic oxidation sites excluding steroid dienone is 2. The Bertz CT molecular complexity index is 301. The van der Waals surface area contributed by atoms with E-state index >= 15 is 0 Å². The van der Waals surface area contributed by atoms with Gasteiger partial charge in [-0.15, -0.1) is 0 Å². The third-order valence-electron chi connectivity index (χ3n) is 5.19. The Balaban J connectivity index is 1.51. The molecular formula is C15H25NO. The summed E-state index contributed by atoms with van der Waals surface area (Å²) in [6.07, 6.45) is 12.0. The van der Waals surface area contributed by atoms with Crippen molar-refractivity contribution in [1.82, 2.24) is 5.32 Å². The smallest absolute Gasteiger partial charge is 0.0586 e. The molecule has 2 heteroatoms. The van der Waals surface area contributed by atoms with Gasteiger partial charge in [0.1, 0.15) is 0 Å². The molecule has 0 saturated heterocycles. The predicted molar refractivity (Wildman–Crippen MR) is 69.9 cm³/mol. The Labute approximate surface area is 105 Å². The molecule has 2 fully saturated rings. The Morgan fingerprint density at radius 2 is 2.06 bits per heavy atom. The SMILES string of the molecule is COC1CCC(NC(C)C2CC3C=CC2C3)C1. The van der Waals surface area contributed by atoms with Crippen molar-refractivity contribution in [2.45, 2.75) is 57.2 Å². The van der Waals surface area contributed by atoms with E-state index in [0.29, 0.717) is 18.2 Å². The molecule has 0 aliphatic heterocycles. The highest BCUT2D eigenvalue weighted by molar-refractivity contribution is 5.11. The van der Waals surface area contributed by atoms with Crippen molar-refractivity contribution in [2.24, 2.45) is 17.8 Å². The first-order valence-corrected chi connectivity index (χ1v) is 7.23. The van der Waals surface area contributed by atoms with Gasteiger partial charge < -0.3 is 10.1 Å². The fourth-order valence-electron chi connectivity index (χ4n) is 4.20. The summed E-state index contributed by atoms with van der Waals surface area (Å²) in [6, 6.07) is 1.37. The van der Waals surface area contributed by atoms with E-state index in [1.54, 1.807) is 0 Å². The van der Waals surface area contributed by atoms with Gasteiger partial charge in [0, 0.05) is 19.2 Å². The van der Waals surface area contributed by atoms with Crippen LogP contribution in [-0.4, -0.2) is 25.3 Å². The van der Waals surface area contributed by atoms with Crippen LogP contribution in [0.1, 0.15) is 39.0 Å². The van der Waals surface area contributed by atoms with E-state index in [-0.39, 0.29) is 0 Å². The van der Waals surface area contributed by atoms with Gasteiger partial charge in [0.05, 0.1) is 6.10 Å². The maximum Gasteiger partial charge on any atom is 0.0586 e. The summed E-state index contributed by atoms with van der Waals surface area (Å²) in [6.45, 7) is 2.39. The van der Waals surface area contributed by atoms with Crippen LogP contribution in [-0.2, 0) is 4.74 Å². The monoisotopic (exact) mass is 235 g/mol. The molecule has 17 heavy (non-hydrogen) atoms. The van der Waals surface area contributed by atoms with Crippen LogP contribution in [0.4, 0.5) is 0 Å². The second-order valence-electron chi connectivity index (χ2n) is 6.27. The molecule has 2 saturated carbocycles. The van der Waals surface area contributed by atoms with Crippen molar-refractivity contribution in [3.63, 3.8) is 0 Å². The maximum absolute atomic E-state index is 5.45. The number of hydrogen-bond acceptors (Lipinski definition) is 2. The standard InChI is InChI=1S/C15H25NO/c1-10(15-8-11-3-4-12(15)7-11)16-13-5-6-14(9-13)17-2/h3-4,10-16H,5-9H2,1-2H3. The third kappa shape index (κ3) is 2.30. The zero-order valence-electron chi connectivity index (χ0n) is 11.1. The fraction of sp³-hybridized carbons (Fsp3) is 0.867. The van der Waals surface area contributed by atoms with Crippen LogP contribution in [0.3, 0.4) is 0 Å². The van der Waals surface area contributed by atoms with Crippen LogP contribution in [0.5, 0.6) is 0 Å². The van der Waals surface area contributed by atoms with Crippen LogP contribution in [0.15, 0.2) is 12.2 Å². The van der Waals surface area contributed by atoms with Gasteiger partial charge in [-0.2, -0.15) is 0 Å². The highest BCUT2D eigenvalue weighted by Gasteiger charge is 2.39. The molecule has 0 aromatic carbocycles. The lowest BCUT2D eigenvalue weighted by atomic mass is 9.87. The lowest BCUT2D eigenvalue weighted by Crippen LogP contribution is -2.41. The normalized spacial score (nSPS) is 45.6. The van der Waals surface area contributed by atoms with Gasteiger partial charge in [0.15, 0.2) is 0 Å². The van der Waals surface area contributed by atoms with E-state index in [0.717, 1.165) is 17.8 Å². The molecule has 2 bridgehead atoms. The largest absolute Gasteiger partial charge is 0.381 e. The van der Waals surface area contributed by atoms with Crippen LogP contribution >= 0.6 is 0 Å². The van der Waals surface area contributed by atoms with Gasteiger partial charge in [0.2, 0.25) is 0 Å². The number of nitrogens with one attached hydrogen (secondary N) is 1. The molecule has 2 nitrogen and oxygen atoms in total. The Hall–Kier alpha value is -0.340. The molecule has 1 N–H and O–H groups in total. The first-order chi connectivity index (χ1) is 8.26. The zero-order valence-corrected chi connectivity index (χ0v) is 11.1. The average molecular weight is 235 g/mol. The van der Waals surface area contributed by atoms with Crippen molar-refractivity contribution in [2.75, 3.05) is 7.11 Å². The fourth-order valence-corrected chi connectivity index (χ4v) is 4.20. The van der Waals surface area contributed by atoms with Gasteiger partial charge in [-0.3, -0.25) is 0 Å². The molecule has 0 radical (unpaired) electrons. The first kappa shape index (κ1) is 11.7. The van der Waals surface area contributed by atoms with Crippen molar-refractivity contribution < 1.29 is 4.74 Å². The minimum absolute atomic E-state index is 0.500. The molecule has 0 spiro atoms. The van der Waals surface area contributed by atoms with Crippen molar-refractivity contribution in [1.29, 1.82) is 0 Å². The number of methoxy groups -OCH3 is 1. The van der Waals surface area contributed by atoms with Crippen LogP contribution in [0.2, 0.25) is 0 Å². The van der Waals surface area contributed by atoms with Crippen molar-refractivity contribution in [3.05, 3.63) is 12.2 Å². The van der Waals surface area contributed by atoms with Crippen LogP contribution in [0.25, 0.3) is 0 Å². The molecule has 3 aliphatic carbocycles. The second kappa shape index (κ2) is 4.74. The molecule has 0 aromatic rings. The summed E-state index contributed by atoms with van der Waals surface area (Å²) in [5.41, 5.74) is 0. The van der Waals surface area contributed by atoms with E-state index in [1.165, 1.54) is 32.1 Å². The summed E-state index contributed by atoms with van der Waals surface area (Å²) >= 11 is 0. The summed E-state index contributed by atoms with van der Waals surface area (Å²) in [7, 11) is 1.84. The number of hydrogen-bond donors (Lipinski definition) is 1. The van der Waals surface area contributed by atoms with Crippen LogP contribution in [0, 0.1) is 17.8 Å². The lowest BCUT2D eigenvalue weighted by Gasteiger charge is -2.29. The highest BCUT2D eigenvalue weighted by Crippen LogP contribution is 2.45. The van der Waals surface area contributed by atoms with E-state index in [1.807, 2.05) is 7.11 Å². The summed E-state index contributed by atoms with van der Waals surface area (Å²) in [4.78, 5) is 0. The van der Waals surface area contributed by atoms with E-state index in [9.17, 15) is 0 Å². The molecule has 6 unspecified atom stereocenters. The minimum Gasteiger partial charge on any atom is -0.381 e. The molecular weight excluding hydrogens is 210 g/mol. The molecule has 6 atom stereocenters. The Morgan fingerprint density at radius 1 is 1.18 bits per heavy atom. The number of rotatable bonds is 4. The summed E-state index contributed by atoms with van der Waals surface area (Å²) < 4.78 is 5.45. The number of ether oxygens (including phenoxy) is 1. The van der Waals surface area contributed by atoms with E-state index in [2.05, 4.69) is 24.4 Å². The highest BCUT2D eigenvalue weighted by atomic mass is 16.5. The van der Waals surface area contributed by atoms with Gasteiger partial charge in [-0.05, 0) is 56.8 Å². The second-order valence-corrected chi connectivity index (χ2v) is 6.27. The van der Waals surface area contributed by atoms with E-state index < -0.39 is 0 Å². The zero-order chi connectivity index (χ0) is 11.8. The van der Waals surface area contributed by atoms with E-state index in [4.69, 9.17) is 4.74 Å². The quantitative estimate of drug-likeness (QED) is 0.757. The average Bonchev–Trinajstić information content (AvgIpc) is 3.04. The van der Waals surface area contributed by atoms with Crippen molar-refractivity contribution >= 4 is 0 Å². The molecule has 3 rings (SSSR count). The Kier molecular flexibility index (Phi) is 3.27. The Morgan fingerprint density at radius 3 is 2.65 bits per heavy atom. The predicted octanol–water partition coefficient (Wildman–Crippen LogP) is 2.74. The summed E-state index contributed by atoms with van der Waals surface area (Å²) in [5, 5.41) is 3.86. The van der Waals surface area contributed by atoms with Gasteiger partial charge >= 0.3 is 0 Å². The molecule has 3 aliphatic rings. The van der Waals surface area contributed by atoms with Crippen molar-refractivity contribution in [3.8, 4) is 0 Å². The first-order valence-electron chi connectivity index (χ1n) is 7.23. The molecule has 96 valence electrons. The molecule has 0 heterocycles. The minimum atomic E-state index is 0.500. The summed E-state index contributed by atoms with van der Waals surface area (Å²) in [5.74, 6) is 2.64.